The van der Waals surface area contributed by atoms with Gasteiger partial charge in [0.2, 0.25) is 6.39 Å². The minimum Gasteiger partial charge on any atom is -0.423 e. The first-order valence-electron chi connectivity index (χ1n) is 9.38. The number of rotatable bonds is 4. The van der Waals surface area contributed by atoms with Gasteiger partial charge in [0.05, 0.1) is 28.0 Å². The summed E-state index contributed by atoms with van der Waals surface area (Å²) < 4.78 is 81.9. The Bertz CT molecular complexity index is 1470. The summed E-state index contributed by atoms with van der Waals surface area (Å²) in [5.74, 6) is -2.34. The van der Waals surface area contributed by atoms with E-state index in [-0.39, 0.29) is 33.4 Å². The van der Waals surface area contributed by atoms with Crippen LogP contribution in [0.3, 0.4) is 0 Å². The molecule has 2 aromatic carbocycles. The van der Waals surface area contributed by atoms with Crippen molar-refractivity contribution in [1.82, 2.24) is 25.1 Å². The quantitative estimate of drug-likeness (QED) is 0.277. The van der Waals surface area contributed by atoms with Crippen LogP contribution in [-0.2, 0) is 6.18 Å². The maximum absolute atomic E-state index is 14.6. The first kappa shape index (κ1) is 21.8. The van der Waals surface area contributed by atoms with E-state index in [0.29, 0.717) is 4.68 Å². The molecule has 3 heterocycles. The molecule has 172 valence electrons. The molecule has 5 aromatic rings. The largest absolute Gasteiger partial charge is 0.434 e. The molecule has 0 aliphatic heterocycles. The van der Waals surface area contributed by atoms with E-state index in [1.807, 2.05) is 0 Å². The summed E-state index contributed by atoms with van der Waals surface area (Å²) in [6, 6.07) is 8.26. The van der Waals surface area contributed by atoms with Gasteiger partial charge in [0.15, 0.2) is 11.5 Å². The van der Waals surface area contributed by atoms with Gasteiger partial charge in [0, 0.05) is 0 Å². The van der Waals surface area contributed by atoms with E-state index in [1.54, 1.807) is 0 Å². The maximum atomic E-state index is 14.6. The highest BCUT2D eigenvalue weighted by Gasteiger charge is 2.42. The Morgan fingerprint density at radius 2 is 1.79 bits per heavy atom. The molecule has 5 rings (SSSR count). The minimum absolute atomic E-state index is 0.0767. The number of hydrogen-bond acceptors (Lipinski definition) is 6. The minimum atomic E-state index is -4.97. The Kier molecular flexibility index (Phi) is 5.16. The SMILES string of the molecule is Fc1cccc(-n2ncc(-c3onc(-c4c(F)cccc4Cl)c3-c3nnco3)c2C(F)(F)F)c1. The lowest BCUT2D eigenvalue weighted by Crippen LogP contribution is -2.14. The van der Waals surface area contributed by atoms with E-state index in [2.05, 4.69) is 20.5 Å². The van der Waals surface area contributed by atoms with Crippen molar-refractivity contribution in [2.24, 2.45) is 0 Å². The van der Waals surface area contributed by atoms with Gasteiger partial charge in [-0.15, -0.1) is 10.2 Å². The van der Waals surface area contributed by atoms with Crippen LogP contribution in [-0.4, -0.2) is 25.1 Å². The smallest absolute Gasteiger partial charge is 0.423 e. The van der Waals surface area contributed by atoms with E-state index >= 15 is 0 Å². The molecule has 0 bridgehead atoms. The molecule has 13 heteroatoms. The molecular formula is C21H9ClF5N5O2. The number of aromatic nitrogens is 5. The van der Waals surface area contributed by atoms with Gasteiger partial charge < -0.3 is 8.94 Å². The molecule has 0 atom stereocenters. The van der Waals surface area contributed by atoms with Crippen LogP contribution < -0.4 is 0 Å². The van der Waals surface area contributed by atoms with Crippen molar-refractivity contribution in [1.29, 1.82) is 0 Å². The Morgan fingerprint density at radius 3 is 2.47 bits per heavy atom. The molecule has 0 aliphatic rings. The highest BCUT2D eigenvalue weighted by Crippen LogP contribution is 2.46. The zero-order chi connectivity index (χ0) is 24.0. The van der Waals surface area contributed by atoms with Crippen molar-refractivity contribution in [2.75, 3.05) is 0 Å². The summed E-state index contributed by atoms with van der Waals surface area (Å²) in [4.78, 5) is 0. The molecule has 0 saturated carbocycles. The molecule has 0 aliphatic carbocycles. The van der Waals surface area contributed by atoms with Crippen LogP contribution >= 0.6 is 11.6 Å². The molecule has 0 saturated heterocycles. The first-order valence-corrected chi connectivity index (χ1v) is 9.75. The van der Waals surface area contributed by atoms with E-state index < -0.39 is 34.8 Å². The lowest BCUT2D eigenvalue weighted by Gasteiger charge is -2.12. The van der Waals surface area contributed by atoms with Crippen molar-refractivity contribution in [2.45, 2.75) is 6.18 Å². The van der Waals surface area contributed by atoms with Crippen LogP contribution in [0.15, 0.2) is 64.0 Å². The molecular weight excluding hydrogens is 485 g/mol. The molecule has 0 amide bonds. The molecule has 0 radical (unpaired) electrons. The number of halogens is 6. The van der Waals surface area contributed by atoms with Crippen LogP contribution in [0.2, 0.25) is 5.02 Å². The molecule has 3 aromatic heterocycles. The van der Waals surface area contributed by atoms with Gasteiger partial charge in [-0.25, -0.2) is 13.5 Å². The summed E-state index contributed by atoms with van der Waals surface area (Å²) in [5, 5.41) is 14.7. The third-order valence-electron chi connectivity index (χ3n) is 4.80. The number of hydrogen-bond donors (Lipinski definition) is 0. The average molecular weight is 494 g/mol. The van der Waals surface area contributed by atoms with Crippen molar-refractivity contribution in [3.05, 3.63) is 77.4 Å². The number of benzene rings is 2. The standard InChI is InChI=1S/C21H9ClF5N5O2/c22-13-5-2-6-14(24)15(13)17-16(20-30-28-9-33-20)18(34-31-17)12-8-29-32(19(12)21(25,26)27)11-4-1-3-10(23)7-11/h1-9H. The predicted octanol–water partition coefficient (Wildman–Crippen LogP) is 6.19. The van der Waals surface area contributed by atoms with Crippen molar-refractivity contribution < 1.29 is 30.9 Å². The molecule has 0 spiro atoms. The molecule has 7 nitrogen and oxygen atoms in total. The third kappa shape index (κ3) is 3.61. The van der Waals surface area contributed by atoms with Crippen LogP contribution in [0.5, 0.6) is 0 Å². The Hall–Kier alpha value is -4.06. The Morgan fingerprint density at radius 1 is 1.00 bits per heavy atom. The highest BCUT2D eigenvalue weighted by molar-refractivity contribution is 6.33. The number of alkyl halides is 3. The fourth-order valence-corrected chi connectivity index (χ4v) is 3.69. The van der Waals surface area contributed by atoms with Crippen molar-refractivity contribution in [3.63, 3.8) is 0 Å². The summed E-state index contributed by atoms with van der Waals surface area (Å²) in [7, 11) is 0. The van der Waals surface area contributed by atoms with Gasteiger partial charge in [-0.05, 0) is 30.3 Å². The topological polar surface area (TPSA) is 82.8 Å². The Labute approximate surface area is 191 Å². The fourth-order valence-electron chi connectivity index (χ4n) is 3.44. The van der Waals surface area contributed by atoms with Gasteiger partial charge in [-0.1, -0.05) is 28.9 Å². The first-order chi connectivity index (χ1) is 16.3. The van der Waals surface area contributed by atoms with E-state index in [0.717, 1.165) is 30.8 Å². The second kappa shape index (κ2) is 8.06. The second-order valence-corrected chi connectivity index (χ2v) is 7.28. The summed E-state index contributed by atoms with van der Waals surface area (Å²) >= 11 is 6.14. The van der Waals surface area contributed by atoms with Crippen LogP contribution in [0, 0.1) is 11.6 Å². The van der Waals surface area contributed by atoms with E-state index in [9.17, 15) is 22.0 Å². The van der Waals surface area contributed by atoms with Gasteiger partial charge >= 0.3 is 6.18 Å². The summed E-state index contributed by atoms with van der Waals surface area (Å²) in [6.45, 7) is 0. The van der Waals surface area contributed by atoms with Crippen LogP contribution in [0.4, 0.5) is 22.0 Å². The van der Waals surface area contributed by atoms with E-state index in [4.69, 9.17) is 20.5 Å². The van der Waals surface area contributed by atoms with Crippen molar-refractivity contribution >= 4 is 11.6 Å². The second-order valence-electron chi connectivity index (χ2n) is 6.87. The Balaban J connectivity index is 1.80. The predicted molar refractivity (Wildman–Crippen MR) is 108 cm³/mol. The lowest BCUT2D eigenvalue weighted by atomic mass is 10.0. The van der Waals surface area contributed by atoms with E-state index in [1.165, 1.54) is 24.3 Å². The molecule has 34 heavy (non-hydrogen) atoms. The zero-order valence-corrected chi connectivity index (χ0v) is 17.3. The van der Waals surface area contributed by atoms with Gasteiger partial charge in [0.25, 0.3) is 5.89 Å². The molecule has 0 fully saturated rings. The van der Waals surface area contributed by atoms with Gasteiger partial charge in [-0.3, -0.25) is 0 Å². The molecule has 0 N–H and O–H groups in total. The highest BCUT2D eigenvalue weighted by atomic mass is 35.5. The normalized spacial score (nSPS) is 11.8. The van der Waals surface area contributed by atoms with Gasteiger partial charge in [-0.2, -0.15) is 18.3 Å². The van der Waals surface area contributed by atoms with Crippen LogP contribution in [0.25, 0.3) is 39.7 Å². The summed E-state index contributed by atoms with van der Waals surface area (Å²) in [6.07, 6.45) is -3.17. The van der Waals surface area contributed by atoms with Crippen molar-refractivity contribution in [3.8, 4) is 39.7 Å². The maximum Gasteiger partial charge on any atom is 0.434 e. The fraction of sp³-hybridized carbons (Fsp3) is 0.0476. The monoisotopic (exact) mass is 493 g/mol. The molecule has 0 unspecified atom stereocenters. The van der Waals surface area contributed by atoms with Gasteiger partial charge in [0.1, 0.15) is 22.9 Å². The lowest BCUT2D eigenvalue weighted by molar-refractivity contribution is -0.142. The number of nitrogens with zero attached hydrogens (tertiary/aromatic N) is 5. The summed E-state index contributed by atoms with van der Waals surface area (Å²) in [5.41, 5.74) is -2.77. The third-order valence-corrected chi connectivity index (χ3v) is 5.12. The average Bonchev–Trinajstić information content (AvgIpc) is 3.52. The zero-order valence-electron chi connectivity index (χ0n) is 16.5. The van der Waals surface area contributed by atoms with Crippen LogP contribution in [0.1, 0.15) is 5.69 Å².